The minimum Gasteiger partial charge on any atom is -0.507 e. The summed E-state index contributed by atoms with van der Waals surface area (Å²) in [6.45, 7) is 3.77. The van der Waals surface area contributed by atoms with Gasteiger partial charge in [-0.15, -0.1) is 0 Å². The molecule has 94 valence electrons. The van der Waals surface area contributed by atoms with Gasteiger partial charge in [0.15, 0.2) is 0 Å². The topological polar surface area (TPSA) is 58.6 Å². The van der Waals surface area contributed by atoms with Gasteiger partial charge in [0.2, 0.25) is 0 Å². The predicted octanol–water partition coefficient (Wildman–Crippen LogP) is 2.30. The van der Waals surface area contributed by atoms with Crippen LogP contribution in [0.4, 0.5) is 0 Å². The predicted molar refractivity (Wildman–Crippen MR) is 70.0 cm³/mol. The maximum atomic E-state index is 12.0. The minimum absolute atomic E-state index is 0.0614. The van der Waals surface area contributed by atoms with E-state index in [1.807, 2.05) is 13.8 Å². The van der Waals surface area contributed by atoms with Crippen molar-refractivity contribution in [3.05, 3.63) is 23.8 Å². The molecule has 0 heterocycles. The summed E-state index contributed by atoms with van der Waals surface area (Å²) >= 11 is 3.32. The molecule has 0 saturated carbocycles. The van der Waals surface area contributed by atoms with Gasteiger partial charge in [-0.1, -0.05) is 15.9 Å². The molecule has 0 spiro atoms. The first-order chi connectivity index (χ1) is 7.89. The van der Waals surface area contributed by atoms with Crippen molar-refractivity contribution in [3.8, 4) is 11.5 Å². The molecule has 0 aliphatic rings. The van der Waals surface area contributed by atoms with Crippen molar-refractivity contribution in [2.24, 2.45) is 0 Å². The van der Waals surface area contributed by atoms with Crippen LogP contribution >= 0.6 is 15.9 Å². The van der Waals surface area contributed by atoms with E-state index in [-0.39, 0.29) is 22.8 Å². The highest BCUT2D eigenvalue weighted by Crippen LogP contribution is 2.23. The number of hydrogen-bond donors (Lipinski definition) is 2. The Hall–Kier alpha value is -1.23. The van der Waals surface area contributed by atoms with Crippen LogP contribution in [0.2, 0.25) is 0 Å². The second-order valence-corrected chi connectivity index (χ2v) is 4.92. The molecule has 0 atom stereocenters. The lowest BCUT2D eigenvalue weighted by molar-refractivity contribution is 0.0918. The number of aromatic hydroxyl groups is 1. The van der Waals surface area contributed by atoms with Crippen LogP contribution in [0.25, 0.3) is 0 Å². The standard InChI is InChI=1S/C12H16BrNO3/c1-12(2,7-13)14-11(16)9-6-8(17-3)4-5-10(9)15/h4-6,15H,7H2,1-3H3,(H,14,16). The molecule has 1 amide bonds. The van der Waals surface area contributed by atoms with Gasteiger partial charge in [-0.3, -0.25) is 4.79 Å². The highest BCUT2D eigenvalue weighted by molar-refractivity contribution is 9.09. The van der Waals surface area contributed by atoms with Gasteiger partial charge in [0.05, 0.1) is 12.7 Å². The van der Waals surface area contributed by atoms with E-state index in [1.165, 1.54) is 19.2 Å². The van der Waals surface area contributed by atoms with Gasteiger partial charge in [0.1, 0.15) is 11.5 Å². The van der Waals surface area contributed by atoms with E-state index in [9.17, 15) is 9.90 Å². The summed E-state index contributed by atoms with van der Waals surface area (Å²) in [4.78, 5) is 12.0. The molecule has 0 aliphatic heterocycles. The molecule has 0 bridgehead atoms. The Labute approximate surface area is 109 Å². The van der Waals surface area contributed by atoms with Crippen LogP contribution in [0.1, 0.15) is 24.2 Å². The molecule has 0 unspecified atom stereocenters. The third-order valence-corrected chi connectivity index (χ3v) is 3.64. The fraction of sp³-hybridized carbons (Fsp3) is 0.417. The number of halogens is 1. The maximum absolute atomic E-state index is 12.0. The molecule has 1 rings (SSSR count). The van der Waals surface area contributed by atoms with Gasteiger partial charge < -0.3 is 15.2 Å². The molecule has 2 N–H and O–H groups in total. The molecular formula is C12H16BrNO3. The van der Waals surface area contributed by atoms with Crippen molar-refractivity contribution < 1.29 is 14.6 Å². The van der Waals surface area contributed by atoms with Gasteiger partial charge in [0, 0.05) is 10.9 Å². The molecule has 0 radical (unpaired) electrons. The van der Waals surface area contributed by atoms with E-state index < -0.39 is 0 Å². The van der Waals surface area contributed by atoms with E-state index in [0.29, 0.717) is 11.1 Å². The molecule has 0 aromatic heterocycles. The number of rotatable bonds is 4. The van der Waals surface area contributed by atoms with Gasteiger partial charge in [-0.2, -0.15) is 0 Å². The quantitative estimate of drug-likeness (QED) is 0.839. The lowest BCUT2D eigenvalue weighted by Gasteiger charge is -2.23. The number of carbonyl (C=O) groups excluding carboxylic acids is 1. The zero-order valence-electron chi connectivity index (χ0n) is 10.1. The van der Waals surface area contributed by atoms with Gasteiger partial charge in [0.25, 0.3) is 5.91 Å². The largest absolute Gasteiger partial charge is 0.507 e. The monoisotopic (exact) mass is 301 g/mol. The first-order valence-electron chi connectivity index (χ1n) is 5.15. The number of phenols is 1. The average Bonchev–Trinajstić information content (AvgIpc) is 2.29. The van der Waals surface area contributed by atoms with Crippen LogP contribution in [-0.2, 0) is 0 Å². The van der Waals surface area contributed by atoms with E-state index in [2.05, 4.69) is 21.2 Å². The number of phenolic OH excluding ortho intramolecular Hbond substituents is 1. The fourth-order valence-corrected chi connectivity index (χ4v) is 1.37. The molecule has 1 aromatic rings. The van der Waals surface area contributed by atoms with Crippen LogP contribution in [-0.4, -0.2) is 29.0 Å². The summed E-state index contributed by atoms with van der Waals surface area (Å²) in [5, 5.41) is 13.1. The zero-order valence-corrected chi connectivity index (χ0v) is 11.7. The number of hydrogen-bond acceptors (Lipinski definition) is 3. The first kappa shape index (κ1) is 13.8. The lowest BCUT2D eigenvalue weighted by atomic mass is 10.1. The zero-order chi connectivity index (χ0) is 13.1. The van der Waals surface area contributed by atoms with Crippen molar-refractivity contribution >= 4 is 21.8 Å². The second kappa shape index (κ2) is 5.40. The molecule has 0 aliphatic carbocycles. The maximum Gasteiger partial charge on any atom is 0.255 e. The van der Waals surface area contributed by atoms with Crippen molar-refractivity contribution in [1.29, 1.82) is 0 Å². The first-order valence-corrected chi connectivity index (χ1v) is 6.27. The van der Waals surface area contributed by atoms with Crippen LogP contribution in [0.5, 0.6) is 11.5 Å². The third-order valence-electron chi connectivity index (χ3n) is 2.23. The molecule has 17 heavy (non-hydrogen) atoms. The summed E-state index contributed by atoms with van der Waals surface area (Å²) in [7, 11) is 1.51. The van der Waals surface area contributed by atoms with Crippen molar-refractivity contribution in [3.63, 3.8) is 0 Å². The van der Waals surface area contributed by atoms with Crippen LogP contribution in [0.15, 0.2) is 18.2 Å². The summed E-state index contributed by atoms with van der Waals surface area (Å²) in [5.41, 5.74) is -0.176. The summed E-state index contributed by atoms with van der Waals surface area (Å²) in [6, 6.07) is 4.55. The Morgan fingerprint density at radius 2 is 2.18 bits per heavy atom. The van der Waals surface area contributed by atoms with Crippen LogP contribution in [0.3, 0.4) is 0 Å². The van der Waals surface area contributed by atoms with Crippen LogP contribution < -0.4 is 10.1 Å². The molecule has 5 heteroatoms. The second-order valence-electron chi connectivity index (χ2n) is 4.35. The Morgan fingerprint density at radius 3 is 2.71 bits per heavy atom. The Balaban J connectivity index is 2.96. The number of benzene rings is 1. The number of ether oxygens (including phenoxy) is 1. The van der Waals surface area contributed by atoms with Crippen molar-refractivity contribution in [2.75, 3.05) is 12.4 Å². The smallest absolute Gasteiger partial charge is 0.255 e. The minimum atomic E-state index is -0.382. The highest BCUT2D eigenvalue weighted by Gasteiger charge is 2.21. The van der Waals surface area contributed by atoms with Gasteiger partial charge in [-0.25, -0.2) is 0 Å². The molecule has 4 nitrogen and oxygen atoms in total. The highest BCUT2D eigenvalue weighted by atomic mass is 79.9. The molecule has 0 fully saturated rings. The summed E-state index contributed by atoms with van der Waals surface area (Å²) < 4.78 is 5.02. The number of methoxy groups -OCH3 is 1. The van der Waals surface area contributed by atoms with E-state index in [1.54, 1.807) is 6.07 Å². The van der Waals surface area contributed by atoms with Crippen molar-refractivity contribution in [1.82, 2.24) is 5.32 Å². The third kappa shape index (κ3) is 3.63. The molecule has 1 aromatic carbocycles. The van der Waals surface area contributed by atoms with E-state index in [4.69, 9.17) is 4.74 Å². The Kier molecular flexibility index (Phi) is 4.40. The average molecular weight is 302 g/mol. The lowest BCUT2D eigenvalue weighted by Crippen LogP contribution is -2.44. The Bertz CT molecular complexity index is 418. The van der Waals surface area contributed by atoms with E-state index >= 15 is 0 Å². The number of amides is 1. The normalized spacial score (nSPS) is 11.1. The Morgan fingerprint density at radius 1 is 1.53 bits per heavy atom. The van der Waals surface area contributed by atoms with Crippen molar-refractivity contribution in [2.45, 2.75) is 19.4 Å². The number of carbonyl (C=O) groups is 1. The fourth-order valence-electron chi connectivity index (χ4n) is 1.23. The van der Waals surface area contributed by atoms with E-state index in [0.717, 1.165) is 0 Å². The van der Waals surface area contributed by atoms with Gasteiger partial charge >= 0.3 is 0 Å². The summed E-state index contributed by atoms with van der Waals surface area (Å²) in [5.74, 6) is 0.143. The number of alkyl halides is 1. The summed E-state index contributed by atoms with van der Waals surface area (Å²) in [6.07, 6.45) is 0. The van der Waals surface area contributed by atoms with Crippen LogP contribution in [0, 0.1) is 0 Å². The SMILES string of the molecule is COc1ccc(O)c(C(=O)NC(C)(C)CBr)c1. The molecular weight excluding hydrogens is 286 g/mol. The number of nitrogens with one attached hydrogen (secondary N) is 1. The van der Waals surface area contributed by atoms with Gasteiger partial charge in [-0.05, 0) is 32.0 Å². The molecule has 0 saturated heterocycles.